The van der Waals surface area contributed by atoms with Crippen LogP contribution in [0.3, 0.4) is 0 Å². The monoisotopic (exact) mass is 301 g/mol. The predicted molar refractivity (Wildman–Crippen MR) is 81.9 cm³/mol. The lowest BCUT2D eigenvalue weighted by Gasteiger charge is -2.21. The van der Waals surface area contributed by atoms with E-state index in [0.29, 0.717) is 16.5 Å². The van der Waals surface area contributed by atoms with Gasteiger partial charge in [0.15, 0.2) is 0 Å². The van der Waals surface area contributed by atoms with Crippen LogP contribution in [0.5, 0.6) is 0 Å². The molecular weight excluding hydrogens is 282 g/mol. The van der Waals surface area contributed by atoms with Crippen LogP contribution in [-0.2, 0) is 21.3 Å². The summed E-state index contributed by atoms with van der Waals surface area (Å²) in [6.45, 7) is 5.79. The van der Waals surface area contributed by atoms with Crippen molar-refractivity contribution < 1.29 is 9.00 Å². The molecule has 5 heteroatoms. The minimum absolute atomic E-state index is 0.0270. The molecule has 1 aromatic carbocycles. The smallest absolute Gasteiger partial charge is 0.230 e. The Balaban J connectivity index is 2.91. The Hall–Kier alpha value is -0.870. The van der Waals surface area contributed by atoms with Crippen LogP contribution in [0.15, 0.2) is 18.2 Å². The summed E-state index contributed by atoms with van der Waals surface area (Å²) in [5, 5.41) is 3.45. The number of rotatable bonds is 5. The van der Waals surface area contributed by atoms with Crippen LogP contribution >= 0.6 is 11.6 Å². The van der Waals surface area contributed by atoms with Crippen LogP contribution in [-0.4, -0.2) is 16.4 Å². The maximum atomic E-state index is 12.1. The van der Waals surface area contributed by atoms with Crippen LogP contribution < -0.4 is 5.32 Å². The number of carbonyl (C=O) groups is 1. The van der Waals surface area contributed by atoms with Crippen molar-refractivity contribution in [3.8, 4) is 0 Å². The molecule has 3 nitrogen and oxygen atoms in total. The average Bonchev–Trinajstić information content (AvgIpc) is 2.32. The van der Waals surface area contributed by atoms with E-state index < -0.39 is 16.2 Å². The molecule has 0 spiro atoms. The molecule has 0 fully saturated rings. The standard InChI is InChI=1S/C14H20ClNO2S/c1-5-14(2,3)13(17)16-11-6-7-12(15)10(8-11)9-19(4)18/h6-8H,5,9H2,1-4H3,(H,16,17)/t19-/m0/s1. The zero-order valence-electron chi connectivity index (χ0n) is 11.7. The van der Waals surface area contributed by atoms with Gasteiger partial charge >= 0.3 is 0 Å². The first-order valence-electron chi connectivity index (χ1n) is 6.16. The molecule has 19 heavy (non-hydrogen) atoms. The first kappa shape index (κ1) is 16.2. The second-order valence-electron chi connectivity index (χ2n) is 5.22. The summed E-state index contributed by atoms with van der Waals surface area (Å²) in [5.41, 5.74) is 1.07. The van der Waals surface area contributed by atoms with Gasteiger partial charge in [-0.15, -0.1) is 0 Å². The molecule has 0 saturated heterocycles. The Morgan fingerprint density at radius 2 is 2.05 bits per heavy atom. The fourth-order valence-corrected chi connectivity index (χ4v) is 2.38. The zero-order chi connectivity index (χ0) is 14.6. The molecule has 0 bridgehead atoms. The van der Waals surface area contributed by atoms with E-state index in [4.69, 9.17) is 11.6 Å². The third-order valence-corrected chi connectivity index (χ3v) is 4.25. The molecule has 1 N–H and O–H groups in total. The maximum absolute atomic E-state index is 12.1. The van der Waals surface area contributed by atoms with Crippen LogP contribution in [0, 0.1) is 5.41 Å². The highest BCUT2D eigenvalue weighted by Crippen LogP contribution is 2.25. The highest BCUT2D eigenvalue weighted by molar-refractivity contribution is 7.83. The molecule has 0 aromatic heterocycles. The topological polar surface area (TPSA) is 46.2 Å². The van der Waals surface area contributed by atoms with Gasteiger partial charge in [0.25, 0.3) is 0 Å². The van der Waals surface area contributed by atoms with Gasteiger partial charge in [0.2, 0.25) is 5.91 Å². The van der Waals surface area contributed by atoms with E-state index in [0.717, 1.165) is 12.0 Å². The molecule has 0 aliphatic rings. The van der Waals surface area contributed by atoms with Crippen molar-refractivity contribution in [2.24, 2.45) is 5.41 Å². The third-order valence-electron chi connectivity index (χ3n) is 3.16. The van der Waals surface area contributed by atoms with E-state index >= 15 is 0 Å². The first-order valence-corrected chi connectivity index (χ1v) is 8.26. The number of nitrogens with one attached hydrogen (secondary N) is 1. The molecular formula is C14H20ClNO2S. The van der Waals surface area contributed by atoms with E-state index in [1.807, 2.05) is 20.8 Å². The first-order chi connectivity index (χ1) is 8.76. The van der Waals surface area contributed by atoms with Gasteiger partial charge in [-0.05, 0) is 30.2 Å². The summed E-state index contributed by atoms with van der Waals surface area (Å²) in [6.07, 6.45) is 2.39. The lowest BCUT2D eigenvalue weighted by Crippen LogP contribution is -2.30. The number of carbonyl (C=O) groups excluding carboxylic acids is 1. The largest absolute Gasteiger partial charge is 0.326 e. The van der Waals surface area contributed by atoms with E-state index in [-0.39, 0.29) is 5.91 Å². The summed E-state index contributed by atoms with van der Waals surface area (Å²) in [5.74, 6) is 0.362. The predicted octanol–water partition coefficient (Wildman–Crippen LogP) is 3.59. The summed E-state index contributed by atoms with van der Waals surface area (Å²) < 4.78 is 11.3. The highest BCUT2D eigenvalue weighted by atomic mass is 35.5. The molecule has 0 aliphatic heterocycles. The van der Waals surface area contributed by atoms with Crippen molar-refractivity contribution in [3.05, 3.63) is 28.8 Å². The van der Waals surface area contributed by atoms with E-state index in [9.17, 15) is 9.00 Å². The fraction of sp³-hybridized carbons (Fsp3) is 0.500. The fourth-order valence-electron chi connectivity index (χ4n) is 1.44. The molecule has 1 aromatic rings. The van der Waals surface area contributed by atoms with E-state index in [1.165, 1.54) is 0 Å². The summed E-state index contributed by atoms with van der Waals surface area (Å²) >= 11 is 6.05. The van der Waals surface area contributed by atoms with E-state index in [2.05, 4.69) is 5.32 Å². The number of hydrogen-bond acceptors (Lipinski definition) is 2. The van der Waals surface area contributed by atoms with Gasteiger partial charge in [-0.2, -0.15) is 0 Å². The second-order valence-corrected chi connectivity index (χ2v) is 7.06. The van der Waals surface area contributed by atoms with Crippen molar-refractivity contribution in [2.45, 2.75) is 32.9 Å². The highest BCUT2D eigenvalue weighted by Gasteiger charge is 2.25. The number of benzene rings is 1. The Morgan fingerprint density at radius 1 is 1.42 bits per heavy atom. The lowest BCUT2D eigenvalue weighted by molar-refractivity contribution is -0.124. The van der Waals surface area contributed by atoms with Crippen LogP contribution in [0.25, 0.3) is 0 Å². The molecule has 106 valence electrons. The van der Waals surface area contributed by atoms with Crippen molar-refractivity contribution in [1.29, 1.82) is 0 Å². The minimum atomic E-state index is -0.964. The molecule has 1 rings (SSSR count). The van der Waals surface area contributed by atoms with Crippen molar-refractivity contribution >= 4 is 34.0 Å². The molecule has 0 radical (unpaired) electrons. The summed E-state index contributed by atoms with van der Waals surface area (Å²) in [6, 6.07) is 5.26. The van der Waals surface area contributed by atoms with Crippen molar-refractivity contribution in [3.63, 3.8) is 0 Å². The maximum Gasteiger partial charge on any atom is 0.230 e. The van der Waals surface area contributed by atoms with Gasteiger partial charge in [-0.3, -0.25) is 9.00 Å². The van der Waals surface area contributed by atoms with Gasteiger partial charge < -0.3 is 5.32 Å². The van der Waals surface area contributed by atoms with Gasteiger partial charge in [-0.25, -0.2) is 0 Å². The van der Waals surface area contributed by atoms with Crippen molar-refractivity contribution in [2.75, 3.05) is 11.6 Å². The molecule has 0 saturated carbocycles. The molecule has 0 aliphatic carbocycles. The number of anilines is 1. The van der Waals surface area contributed by atoms with Crippen LogP contribution in [0.1, 0.15) is 32.8 Å². The molecule has 1 amide bonds. The molecule has 0 unspecified atom stereocenters. The van der Waals surface area contributed by atoms with Crippen LogP contribution in [0.4, 0.5) is 5.69 Å². The third kappa shape index (κ3) is 4.62. The Kier molecular flexibility index (Phi) is 5.56. The lowest BCUT2D eigenvalue weighted by atomic mass is 9.89. The Bertz CT molecular complexity index is 500. The summed E-state index contributed by atoms with van der Waals surface area (Å²) in [7, 11) is -0.964. The number of halogens is 1. The van der Waals surface area contributed by atoms with Crippen molar-refractivity contribution in [1.82, 2.24) is 0 Å². The Labute approximate surface area is 122 Å². The Morgan fingerprint density at radius 3 is 2.58 bits per heavy atom. The van der Waals surface area contributed by atoms with Gasteiger partial charge in [0, 0.05) is 38.9 Å². The van der Waals surface area contributed by atoms with Crippen LogP contribution in [0.2, 0.25) is 5.02 Å². The SMILES string of the molecule is CCC(C)(C)C(=O)Nc1ccc(Cl)c(C[S@](C)=O)c1. The molecule has 0 heterocycles. The number of hydrogen-bond donors (Lipinski definition) is 1. The van der Waals surface area contributed by atoms with Gasteiger partial charge in [-0.1, -0.05) is 32.4 Å². The minimum Gasteiger partial charge on any atom is -0.326 e. The zero-order valence-corrected chi connectivity index (χ0v) is 13.3. The second kappa shape index (κ2) is 6.53. The number of amides is 1. The average molecular weight is 302 g/mol. The molecule has 1 atom stereocenters. The van der Waals surface area contributed by atoms with Gasteiger partial charge in [0.1, 0.15) is 0 Å². The van der Waals surface area contributed by atoms with E-state index in [1.54, 1.807) is 24.5 Å². The quantitative estimate of drug-likeness (QED) is 0.903. The summed E-state index contributed by atoms with van der Waals surface area (Å²) in [4.78, 5) is 12.1. The normalized spacial score (nSPS) is 13.1. The van der Waals surface area contributed by atoms with Gasteiger partial charge in [0.05, 0.1) is 0 Å².